The largest absolute Gasteiger partial charge is 0.369 e. The fourth-order valence-electron chi connectivity index (χ4n) is 3.69. The van der Waals surface area contributed by atoms with E-state index in [1.807, 2.05) is 27.7 Å². The molecule has 4 unspecified atom stereocenters. The van der Waals surface area contributed by atoms with Crippen molar-refractivity contribution in [1.82, 2.24) is 0 Å². The van der Waals surface area contributed by atoms with E-state index in [4.69, 9.17) is 23.7 Å². The lowest BCUT2D eigenvalue weighted by molar-refractivity contribution is -0.172. The Kier molecular flexibility index (Phi) is 3.66. The van der Waals surface area contributed by atoms with Crippen molar-refractivity contribution in [1.29, 1.82) is 0 Å². The summed E-state index contributed by atoms with van der Waals surface area (Å²) in [7, 11) is 0. The minimum absolute atomic E-state index is 0.00993. The van der Waals surface area contributed by atoms with E-state index >= 15 is 0 Å². The second-order valence-corrected chi connectivity index (χ2v) is 7.94. The highest BCUT2D eigenvalue weighted by molar-refractivity contribution is 4.98. The molecule has 3 aliphatic rings. The Hall–Kier alpha value is -0.200. The molecule has 21 heavy (non-hydrogen) atoms. The molecule has 3 heterocycles. The van der Waals surface area contributed by atoms with Gasteiger partial charge in [0.2, 0.25) is 0 Å². The molecule has 0 amide bonds. The Morgan fingerprint density at radius 2 is 1.24 bits per heavy atom. The first-order valence-electron chi connectivity index (χ1n) is 7.88. The molecule has 3 rings (SSSR count). The van der Waals surface area contributed by atoms with Gasteiger partial charge >= 0.3 is 0 Å². The molecule has 5 heteroatoms. The average Bonchev–Trinajstić information content (AvgIpc) is 2.94. The molecular formula is C16H28O5. The Morgan fingerprint density at radius 1 is 0.714 bits per heavy atom. The summed E-state index contributed by atoms with van der Waals surface area (Å²) >= 11 is 0. The van der Waals surface area contributed by atoms with Gasteiger partial charge in [-0.2, -0.15) is 0 Å². The molecule has 122 valence electrons. The highest BCUT2D eigenvalue weighted by Crippen LogP contribution is 2.44. The highest BCUT2D eigenvalue weighted by Gasteiger charge is 2.53. The van der Waals surface area contributed by atoms with Crippen molar-refractivity contribution in [3.05, 3.63) is 0 Å². The fraction of sp³-hybridized carbons (Fsp3) is 1.00. The summed E-state index contributed by atoms with van der Waals surface area (Å²) < 4.78 is 29.8. The number of hydrogen-bond donors (Lipinski definition) is 0. The maximum absolute atomic E-state index is 6.28. The van der Waals surface area contributed by atoms with Gasteiger partial charge in [-0.25, -0.2) is 0 Å². The lowest BCUT2D eigenvalue weighted by Gasteiger charge is -2.28. The van der Waals surface area contributed by atoms with Crippen molar-refractivity contribution in [2.45, 2.75) is 83.5 Å². The molecule has 3 fully saturated rings. The van der Waals surface area contributed by atoms with E-state index < -0.39 is 11.6 Å². The summed E-state index contributed by atoms with van der Waals surface area (Å²) in [6.45, 7) is 13.2. The molecule has 0 aromatic carbocycles. The lowest BCUT2D eigenvalue weighted by atomic mass is 9.87. The van der Waals surface area contributed by atoms with Gasteiger partial charge in [0.1, 0.15) is 6.10 Å². The van der Waals surface area contributed by atoms with Gasteiger partial charge in [0.15, 0.2) is 11.6 Å². The Morgan fingerprint density at radius 3 is 1.71 bits per heavy atom. The Bertz CT molecular complexity index is 367. The number of ether oxygens (including phenoxy) is 5. The van der Waals surface area contributed by atoms with Crippen LogP contribution < -0.4 is 0 Å². The summed E-state index contributed by atoms with van der Waals surface area (Å²) in [5.41, 5.74) is -0.165. The van der Waals surface area contributed by atoms with Crippen molar-refractivity contribution >= 4 is 0 Å². The van der Waals surface area contributed by atoms with E-state index in [1.54, 1.807) is 0 Å². The molecule has 0 N–H and O–H groups in total. The van der Waals surface area contributed by atoms with Crippen molar-refractivity contribution in [2.75, 3.05) is 13.2 Å². The van der Waals surface area contributed by atoms with E-state index in [9.17, 15) is 0 Å². The molecule has 3 saturated heterocycles. The summed E-state index contributed by atoms with van der Waals surface area (Å²) in [5, 5.41) is 0. The molecule has 4 atom stereocenters. The van der Waals surface area contributed by atoms with E-state index in [2.05, 4.69) is 13.8 Å². The van der Waals surface area contributed by atoms with Crippen LogP contribution in [0.2, 0.25) is 0 Å². The normalized spacial score (nSPS) is 44.3. The first-order chi connectivity index (χ1) is 9.57. The zero-order valence-corrected chi connectivity index (χ0v) is 14.0. The van der Waals surface area contributed by atoms with Crippen LogP contribution in [0.4, 0.5) is 0 Å². The first kappa shape index (κ1) is 15.7. The SMILES string of the molecule is CC1(C)CC(C2COC(C)(C)O2)C(C2COC(C)(C)O2)O1. The molecule has 0 aromatic heterocycles. The number of rotatable bonds is 2. The van der Waals surface area contributed by atoms with Crippen LogP contribution in [0, 0.1) is 5.92 Å². The zero-order valence-electron chi connectivity index (χ0n) is 14.0. The van der Waals surface area contributed by atoms with Crippen LogP contribution in [0.3, 0.4) is 0 Å². The Balaban J connectivity index is 1.75. The van der Waals surface area contributed by atoms with Crippen LogP contribution in [0.15, 0.2) is 0 Å². The van der Waals surface area contributed by atoms with Crippen LogP contribution in [-0.2, 0) is 23.7 Å². The van der Waals surface area contributed by atoms with Crippen LogP contribution >= 0.6 is 0 Å². The van der Waals surface area contributed by atoms with Gasteiger partial charge in [-0.3, -0.25) is 0 Å². The molecule has 5 nitrogen and oxygen atoms in total. The molecule has 0 spiro atoms. The van der Waals surface area contributed by atoms with E-state index in [0.29, 0.717) is 13.2 Å². The van der Waals surface area contributed by atoms with Crippen LogP contribution in [0.25, 0.3) is 0 Å². The second kappa shape index (κ2) is 4.90. The second-order valence-electron chi connectivity index (χ2n) is 7.94. The van der Waals surface area contributed by atoms with Gasteiger partial charge in [-0.05, 0) is 48.0 Å². The standard InChI is InChI=1S/C16H28O5/c1-14(2)7-10(11-8-17-15(3,4)19-11)13(21-14)12-9-18-16(5,6)20-12/h10-13H,7-9H2,1-6H3. The highest BCUT2D eigenvalue weighted by atomic mass is 16.8. The van der Waals surface area contributed by atoms with Crippen LogP contribution in [0.5, 0.6) is 0 Å². The predicted molar refractivity (Wildman–Crippen MR) is 76.9 cm³/mol. The van der Waals surface area contributed by atoms with Crippen LogP contribution in [-0.4, -0.2) is 48.7 Å². The Labute approximate surface area is 127 Å². The first-order valence-corrected chi connectivity index (χ1v) is 7.88. The zero-order chi connectivity index (χ0) is 15.5. The van der Waals surface area contributed by atoms with Gasteiger partial charge in [0.25, 0.3) is 0 Å². The maximum Gasteiger partial charge on any atom is 0.163 e. The van der Waals surface area contributed by atoms with Crippen molar-refractivity contribution < 1.29 is 23.7 Å². The van der Waals surface area contributed by atoms with Crippen molar-refractivity contribution in [2.24, 2.45) is 5.92 Å². The monoisotopic (exact) mass is 300 g/mol. The van der Waals surface area contributed by atoms with Crippen LogP contribution in [0.1, 0.15) is 48.0 Å². The summed E-state index contributed by atoms with van der Waals surface area (Å²) in [4.78, 5) is 0. The lowest BCUT2D eigenvalue weighted by Crippen LogP contribution is -2.41. The molecule has 0 saturated carbocycles. The predicted octanol–water partition coefficient (Wildman–Crippen LogP) is 2.47. The third kappa shape index (κ3) is 3.27. The van der Waals surface area contributed by atoms with Gasteiger partial charge < -0.3 is 23.7 Å². The van der Waals surface area contributed by atoms with Gasteiger partial charge in [0.05, 0.1) is 31.0 Å². The number of hydrogen-bond acceptors (Lipinski definition) is 5. The quantitative estimate of drug-likeness (QED) is 0.784. The molecule has 0 bridgehead atoms. The topological polar surface area (TPSA) is 46.2 Å². The van der Waals surface area contributed by atoms with E-state index in [1.165, 1.54) is 0 Å². The van der Waals surface area contributed by atoms with E-state index in [-0.39, 0.29) is 29.8 Å². The van der Waals surface area contributed by atoms with E-state index in [0.717, 1.165) is 6.42 Å². The average molecular weight is 300 g/mol. The molecule has 0 aromatic rings. The van der Waals surface area contributed by atoms with Gasteiger partial charge in [0, 0.05) is 5.92 Å². The summed E-state index contributed by atoms with van der Waals surface area (Å²) in [5.74, 6) is -0.768. The third-order valence-corrected chi connectivity index (χ3v) is 4.51. The van der Waals surface area contributed by atoms with Gasteiger partial charge in [-0.15, -0.1) is 0 Å². The summed E-state index contributed by atoms with van der Waals surface area (Å²) in [6.07, 6.45) is 0.949. The minimum atomic E-state index is -0.530. The maximum atomic E-state index is 6.28. The summed E-state index contributed by atoms with van der Waals surface area (Å²) in [6, 6.07) is 0. The molecule has 3 aliphatic heterocycles. The molecule has 0 aliphatic carbocycles. The molecule has 0 radical (unpaired) electrons. The van der Waals surface area contributed by atoms with Gasteiger partial charge in [-0.1, -0.05) is 0 Å². The minimum Gasteiger partial charge on any atom is -0.369 e. The van der Waals surface area contributed by atoms with Crippen molar-refractivity contribution in [3.63, 3.8) is 0 Å². The third-order valence-electron chi connectivity index (χ3n) is 4.51. The smallest absolute Gasteiger partial charge is 0.163 e. The molecular weight excluding hydrogens is 272 g/mol. The van der Waals surface area contributed by atoms with Crippen molar-refractivity contribution in [3.8, 4) is 0 Å². The fourth-order valence-corrected chi connectivity index (χ4v) is 3.69.